The van der Waals surface area contributed by atoms with E-state index in [0.29, 0.717) is 0 Å². The van der Waals surface area contributed by atoms with Crippen LogP contribution in [0, 0.1) is 0 Å². The molecule has 2 nitrogen and oxygen atoms in total. The molecule has 2 heteroatoms. The zero-order valence-corrected chi connectivity index (χ0v) is 11.4. The van der Waals surface area contributed by atoms with Gasteiger partial charge in [0, 0.05) is 11.3 Å². The number of nitrogens with zero attached hydrogens (tertiary/aromatic N) is 2. The van der Waals surface area contributed by atoms with Crippen LogP contribution in [0.2, 0.25) is 0 Å². The lowest BCUT2D eigenvalue weighted by molar-refractivity contribution is 0.882. The fraction of sp³-hybridized carbons (Fsp3) is 0.188. The van der Waals surface area contributed by atoms with Gasteiger partial charge in [-0.1, -0.05) is 43.5 Å². The van der Waals surface area contributed by atoms with Gasteiger partial charge in [0.05, 0.1) is 11.4 Å². The van der Waals surface area contributed by atoms with Gasteiger partial charge in [0.2, 0.25) is 0 Å². The molecule has 0 fully saturated rings. The van der Waals surface area contributed by atoms with Crippen LogP contribution in [0.3, 0.4) is 0 Å². The third-order valence-corrected chi connectivity index (χ3v) is 2.42. The molecule has 0 amide bonds. The van der Waals surface area contributed by atoms with Crippen molar-refractivity contribution in [1.82, 2.24) is 9.78 Å². The third-order valence-electron chi connectivity index (χ3n) is 2.42. The summed E-state index contributed by atoms with van der Waals surface area (Å²) in [5, 5.41) is 4.54. The summed E-state index contributed by atoms with van der Waals surface area (Å²) in [4.78, 5) is 0. The summed E-state index contributed by atoms with van der Waals surface area (Å²) >= 11 is 0. The van der Waals surface area contributed by atoms with Crippen LogP contribution in [-0.2, 0) is 0 Å². The highest BCUT2D eigenvalue weighted by molar-refractivity contribution is 5.74. The van der Waals surface area contributed by atoms with Gasteiger partial charge in [0.1, 0.15) is 0 Å². The molecule has 1 aromatic heterocycles. The normalized spacial score (nSPS) is 12.5. The highest BCUT2D eigenvalue weighted by Crippen LogP contribution is 2.19. The topological polar surface area (TPSA) is 17.8 Å². The summed E-state index contributed by atoms with van der Waals surface area (Å²) in [5.74, 6) is 0. The van der Waals surface area contributed by atoms with Crippen LogP contribution < -0.4 is 0 Å². The van der Waals surface area contributed by atoms with Crippen molar-refractivity contribution < 1.29 is 0 Å². The zero-order valence-electron chi connectivity index (χ0n) is 11.4. The first-order valence-electron chi connectivity index (χ1n) is 5.98. The van der Waals surface area contributed by atoms with E-state index in [2.05, 4.69) is 18.3 Å². The van der Waals surface area contributed by atoms with E-state index in [4.69, 9.17) is 0 Å². The van der Waals surface area contributed by atoms with Crippen molar-refractivity contribution in [1.29, 1.82) is 0 Å². The minimum Gasteiger partial charge on any atom is -0.238 e. The van der Waals surface area contributed by atoms with Gasteiger partial charge in [0.25, 0.3) is 0 Å². The quantitative estimate of drug-likeness (QED) is 0.690. The Kier molecular flexibility index (Phi) is 5.12. The number of rotatable bonds is 5. The van der Waals surface area contributed by atoms with Crippen molar-refractivity contribution in [2.75, 3.05) is 0 Å². The molecule has 0 saturated carbocycles. The van der Waals surface area contributed by atoms with Gasteiger partial charge >= 0.3 is 0 Å². The Balaban J connectivity index is 3.30. The maximum Gasteiger partial charge on any atom is 0.0933 e. The SMILES string of the molecule is C=Cc1cc(C(/C=C\C)=C/C=C/C)nn1C(=C)C. The monoisotopic (exact) mass is 240 g/mol. The van der Waals surface area contributed by atoms with Crippen LogP contribution in [-0.4, -0.2) is 9.78 Å². The first-order valence-corrected chi connectivity index (χ1v) is 5.98. The number of aromatic nitrogens is 2. The highest BCUT2D eigenvalue weighted by atomic mass is 15.3. The van der Waals surface area contributed by atoms with Crippen LogP contribution in [0.5, 0.6) is 0 Å². The van der Waals surface area contributed by atoms with E-state index in [-0.39, 0.29) is 0 Å². The number of hydrogen-bond donors (Lipinski definition) is 0. The molecule has 94 valence electrons. The highest BCUT2D eigenvalue weighted by Gasteiger charge is 2.07. The second-order valence-corrected chi connectivity index (χ2v) is 3.95. The molecule has 1 rings (SSSR count). The lowest BCUT2D eigenvalue weighted by Gasteiger charge is -2.01. The molecule has 0 radical (unpaired) electrons. The van der Waals surface area contributed by atoms with Crippen LogP contribution in [0.4, 0.5) is 0 Å². The third kappa shape index (κ3) is 3.20. The van der Waals surface area contributed by atoms with Crippen LogP contribution in [0.1, 0.15) is 32.2 Å². The molecule has 0 aliphatic carbocycles. The van der Waals surface area contributed by atoms with Crippen molar-refractivity contribution >= 4 is 17.3 Å². The summed E-state index contributed by atoms with van der Waals surface area (Å²) in [6.45, 7) is 13.6. The van der Waals surface area contributed by atoms with E-state index in [1.165, 1.54) is 0 Å². The fourth-order valence-corrected chi connectivity index (χ4v) is 1.59. The maximum atomic E-state index is 4.54. The maximum absolute atomic E-state index is 4.54. The average molecular weight is 240 g/mol. The van der Waals surface area contributed by atoms with Crippen molar-refractivity contribution in [2.24, 2.45) is 0 Å². The lowest BCUT2D eigenvalue weighted by atomic mass is 10.1. The first-order chi connectivity index (χ1) is 8.63. The van der Waals surface area contributed by atoms with Gasteiger partial charge in [-0.25, -0.2) is 4.68 Å². The smallest absolute Gasteiger partial charge is 0.0933 e. The van der Waals surface area contributed by atoms with E-state index in [1.807, 2.05) is 57.2 Å². The molecule has 0 N–H and O–H groups in total. The Bertz CT molecular complexity index is 525. The number of hydrogen-bond acceptors (Lipinski definition) is 1. The molecule has 0 aliphatic rings. The zero-order chi connectivity index (χ0) is 13.5. The Hall–Kier alpha value is -2.09. The van der Waals surface area contributed by atoms with E-state index in [9.17, 15) is 0 Å². The predicted octanol–water partition coefficient (Wildman–Crippen LogP) is 4.55. The molecule has 0 spiro atoms. The summed E-state index contributed by atoms with van der Waals surface area (Å²) in [6.07, 6.45) is 11.9. The summed E-state index contributed by atoms with van der Waals surface area (Å²) < 4.78 is 1.80. The van der Waals surface area contributed by atoms with E-state index in [0.717, 1.165) is 22.7 Å². The van der Waals surface area contributed by atoms with Gasteiger partial charge in [-0.05, 0) is 32.9 Å². The van der Waals surface area contributed by atoms with E-state index in [1.54, 1.807) is 10.8 Å². The molecule has 18 heavy (non-hydrogen) atoms. The van der Waals surface area contributed by atoms with Gasteiger partial charge in [-0.2, -0.15) is 5.10 Å². The van der Waals surface area contributed by atoms with Gasteiger partial charge in [-0.3, -0.25) is 0 Å². The van der Waals surface area contributed by atoms with E-state index < -0.39 is 0 Å². The van der Waals surface area contributed by atoms with Crippen molar-refractivity contribution in [3.63, 3.8) is 0 Å². The fourth-order valence-electron chi connectivity index (χ4n) is 1.59. The van der Waals surface area contributed by atoms with Crippen molar-refractivity contribution in [2.45, 2.75) is 20.8 Å². The Labute approximate surface area is 109 Å². The van der Waals surface area contributed by atoms with Gasteiger partial charge in [-0.15, -0.1) is 0 Å². The number of allylic oxidation sites excluding steroid dienone is 7. The second kappa shape index (κ2) is 6.60. The molecule has 0 bridgehead atoms. The molecule has 1 heterocycles. The second-order valence-electron chi connectivity index (χ2n) is 3.95. The first kappa shape index (κ1) is 14.0. The summed E-state index contributed by atoms with van der Waals surface area (Å²) in [6, 6.07) is 2.01. The Morgan fingerprint density at radius 3 is 2.50 bits per heavy atom. The molecule has 0 aromatic carbocycles. The van der Waals surface area contributed by atoms with Crippen molar-refractivity contribution in [3.8, 4) is 0 Å². The molecule has 1 aromatic rings. The molecule has 0 saturated heterocycles. The van der Waals surface area contributed by atoms with Crippen LogP contribution in [0.25, 0.3) is 17.3 Å². The van der Waals surface area contributed by atoms with Crippen LogP contribution in [0.15, 0.2) is 49.6 Å². The van der Waals surface area contributed by atoms with Gasteiger partial charge < -0.3 is 0 Å². The average Bonchev–Trinajstić information content (AvgIpc) is 2.78. The summed E-state index contributed by atoms with van der Waals surface area (Å²) in [5.41, 5.74) is 3.82. The Morgan fingerprint density at radius 2 is 2.06 bits per heavy atom. The molecular weight excluding hydrogens is 220 g/mol. The van der Waals surface area contributed by atoms with E-state index >= 15 is 0 Å². The predicted molar refractivity (Wildman–Crippen MR) is 80.9 cm³/mol. The Morgan fingerprint density at radius 1 is 1.33 bits per heavy atom. The van der Waals surface area contributed by atoms with Gasteiger partial charge in [0.15, 0.2) is 0 Å². The molecule has 0 unspecified atom stereocenters. The molecule has 0 atom stereocenters. The van der Waals surface area contributed by atoms with Crippen molar-refractivity contribution in [3.05, 3.63) is 61.0 Å². The minimum absolute atomic E-state index is 0.877. The standard InChI is InChI=1S/C16H20N2/c1-6-9-11-14(10-7-2)16-12-15(8-3)18(17-16)13(4)5/h6-12H,3-4H2,1-2,5H3/b9-6+,10-7-,14-11+. The summed E-state index contributed by atoms with van der Waals surface area (Å²) in [7, 11) is 0. The molecule has 0 aliphatic heterocycles. The lowest BCUT2D eigenvalue weighted by Crippen LogP contribution is -1.97. The minimum atomic E-state index is 0.877. The van der Waals surface area contributed by atoms with Crippen LogP contribution >= 0.6 is 0 Å². The largest absolute Gasteiger partial charge is 0.238 e. The molecular formula is C16H20N2.